The summed E-state index contributed by atoms with van der Waals surface area (Å²) in [6.07, 6.45) is 2.07. The van der Waals surface area contributed by atoms with Crippen molar-refractivity contribution in [3.63, 3.8) is 0 Å². The zero-order valence-electron chi connectivity index (χ0n) is 14.3. The van der Waals surface area contributed by atoms with Crippen molar-refractivity contribution < 1.29 is 14.1 Å². The number of benzene rings is 1. The van der Waals surface area contributed by atoms with E-state index in [4.69, 9.17) is 0 Å². The van der Waals surface area contributed by atoms with Gasteiger partial charge < -0.3 is 14.8 Å². The third-order valence-corrected chi connectivity index (χ3v) is 4.54. The molecule has 0 radical (unpaired) electrons. The molecule has 0 saturated carbocycles. The lowest BCUT2D eigenvalue weighted by atomic mass is 10.00. The Bertz CT molecular complexity index is 693. The molecule has 3 rings (SSSR count). The van der Waals surface area contributed by atoms with Crippen molar-refractivity contribution in [1.82, 2.24) is 9.88 Å². The first kappa shape index (κ1) is 16.7. The Morgan fingerprint density at radius 1 is 1.33 bits per heavy atom. The van der Waals surface area contributed by atoms with Gasteiger partial charge in [-0.05, 0) is 42.3 Å². The predicted octanol–water partition coefficient (Wildman–Crippen LogP) is 1.39. The lowest BCUT2D eigenvalue weighted by Crippen LogP contribution is -3.14. The van der Waals surface area contributed by atoms with E-state index in [9.17, 15) is 9.18 Å². The molecule has 1 aliphatic heterocycles. The maximum Gasteiger partial charge on any atom is 0.275 e. The number of hydrogen-bond donors (Lipinski definition) is 2. The van der Waals surface area contributed by atoms with E-state index in [1.165, 1.54) is 22.7 Å². The second kappa shape index (κ2) is 7.18. The Labute approximate surface area is 142 Å². The van der Waals surface area contributed by atoms with Gasteiger partial charge in [0.05, 0.1) is 18.8 Å². The molecule has 2 atom stereocenters. The predicted molar refractivity (Wildman–Crippen MR) is 91.2 cm³/mol. The largest absolute Gasteiger partial charge is 0.351 e. The minimum Gasteiger partial charge on any atom is -0.351 e. The maximum atomic E-state index is 13.3. The SMILES string of the molecule is CC(C)CNC(=O)C[NH+]1CCn2cccc2[C@H]1c1ccc(F)cc1. The summed E-state index contributed by atoms with van der Waals surface area (Å²) >= 11 is 0. The number of hydrogen-bond acceptors (Lipinski definition) is 1. The van der Waals surface area contributed by atoms with E-state index in [1.54, 1.807) is 0 Å². The number of nitrogens with zero attached hydrogens (tertiary/aromatic N) is 1. The normalized spacial score (nSPS) is 20.0. The summed E-state index contributed by atoms with van der Waals surface area (Å²) in [5.41, 5.74) is 2.22. The third-order valence-electron chi connectivity index (χ3n) is 4.54. The van der Waals surface area contributed by atoms with Crippen LogP contribution in [0.1, 0.15) is 31.1 Å². The van der Waals surface area contributed by atoms with Crippen molar-refractivity contribution in [2.45, 2.75) is 26.4 Å². The van der Waals surface area contributed by atoms with Crippen molar-refractivity contribution in [3.05, 3.63) is 59.7 Å². The number of aromatic nitrogens is 1. The van der Waals surface area contributed by atoms with Crippen LogP contribution in [0.15, 0.2) is 42.6 Å². The highest BCUT2D eigenvalue weighted by Gasteiger charge is 2.33. The standard InChI is InChI=1S/C19H24FN3O/c1-14(2)12-21-18(24)13-23-11-10-22-9-3-4-17(22)19(23)15-5-7-16(20)8-6-15/h3-9,14,19H,10-13H2,1-2H3,(H,21,24)/p+1/t19-/m1/s1. The van der Waals surface area contributed by atoms with Crippen LogP contribution < -0.4 is 10.2 Å². The molecule has 0 aliphatic carbocycles. The number of carbonyl (C=O) groups is 1. The molecule has 0 spiro atoms. The number of carbonyl (C=O) groups excluding carboxylic acids is 1. The van der Waals surface area contributed by atoms with Crippen LogP contribution in [0.4, 0.5) is 4.39 Å². The summed E-state index contributed by atoms with van der Waals surface area (Å²) in [5, 5.41) is 3.00. The fraction of sp³-hybridized carbons (Fsp3) is 0.421. The van der Waals surface area contributed by atoms with Crippen molar-refractivity contribution in [2.24, 2.45) is 5.92 Å². The summed E-state index contributed by atoms with van der Waals surface area (Å²) in [4.78, 5) is 13.5. The minimum absolute atomic E-state index is 0.0548. The van der Waals surface area contributed by atoms with Crippen LogP contribution in [0.25, 0.3) is 0 Å². The fourth-order valence-electron chi connectivity index (χ4n) is 3.35. The summed E-state index contributed by atoms with van der Waals surface area (Å²) < 4.78 is 15.5. The Hall–Kier alpha value is -2.14. The van der Waals surface area contributed by atoms with Crippen molar-refractivity contribution in [2.75, 3.05) is 19.6 Å². The Morgan fingerprint density at radius 3 is 2.79 bits per heavy atom. The molecule has 1 aromatic carbocycles. The molecule has 1 aliphatic rings. The molecule has 2 N–H and O–H groups in total. The zero-order valence-corrected chi connectivity index (χ0v) is 14.3. The number of nitrogens with one attached hydrogen (secondary N) is 2. The van der Waals surface area contributed by atoms with Gasteiger partial charge in [0, 0.05) is 18.3 Å². The van der Waals surface area contributed by atoms with Gasteiger partial charge in [0.2, 0.25) is 0 Å². The number of rotatable bonds is 5. The summed E-state index contributed by atoms with van der Waals surface area (Å²) in [6, 6.07) is 10.8. The van der Waals surface area contributed by atoms with Gasteiger partial charge >= 0.3 is 0 Å². The van der Waals surface area contributed by atoms with Gasteiger partial charge in [-0.15, -0.1) is 0 Å². The summed E-state index contributed by atoms with van der Waals surface area (Å²) in [5.74, 6) is 0.280. The molecule has 0 bridgehead atoms. The Balaban J connectivity index is 1.82. The summed E-state index contributed by atoms with van der Waals surface area (Å²) in [7, 11) is 0. The maximum absolute atomic E-state index is 13.3. The molecule has 1 unspecified atom stereocenters. The van der Waals surface area contributed by atoms with Crippen molar-refractivity contribution in [1.29, 1.82) is 0 Å². The molecule has 0 fully saturated rings. The highest BCUT2D eigenvalue weighted by atomic mass is 19.1. The third kappa shape index (κ3) is 3.67. The minimum atomic E-state index is -0.235. The molecule has 128 valence electrons. The van der Waals surface area contributed by atoms with Gasteiger partial charge in [0.15, 0.2) is 12.6 Å². The van der Waals surface area contributed by atoms with E-state index in [0.29, 0.717) is 19.0 Å². The molecular formula is C19H25FN3O+. The number of amides is 1. The van der Waals surface area contributed by atoms with Crippen LogP contribution in [-0.2, 0) is 11.3 Å². The van der Waals surface area contributed by atoms with E-state index in [2.05, 4.69) is 36.0 Å². The van der Waals surface area contributed by atoms with Crippen LogP contribution in [0, 0.1) is 11.7 Å². The molecular weight excluding hydrogens is 305 g/mol. The van der Waals surface area contributed by atoms with Crippen LogP contribution in [0.3, 0.4) is 0 Å². The second-order valence-electron chi connectivity index (χ2n) is 6.89. The van der Waals surface area contributed by atoms with Crippen LogP contribution in [0.5, 0.6) is 0 Å². The molecule has 24 heavy (non-hydrogen) atoms. The van der Waals surface area contributed by atoms with Crippen molar-refractivity contribution in [3.8, 4) is 0 Å². The van der Waals surface area contributed by atoms with Crippen LogP contribution in [0.2, 0.25) is 0 Å². The van der Waals surface area contributed by atoms with Crippen LogP contribution >= 0.6 is 0 Å². The summed E-state index contributed by atoms with van der Waals surface area (Å²) in [6.45, 7) is 7.07. The average molecular weight is 330 g/mol. The van der Waals surface area contributed by atoms with Gasteiger partial charge in [-0.3, -0.25) is 4.79 Å². The number of halogens is 1. The lowest BCUT2D eigenvalue weighted by Gasteiger charge is -2.33. The highest BCUT2D eigenvalue weighted by Crippen LogP contribution is 2.22. The first-order valence-corrected chi connectivity index (χ1v) is 8.56. The van der Waals surface area contributed by atoms with Gasteiger partial charge in [-0.1, -0.05) is 13.8 Å². The fourth-order valence-corrected chi connectivity index (χ4v) is 3.35. The molecule has 5 heteroatoms. The van der Waals surface area contributed by atoms with Crippen molar-refractivity contribution >= 4 is 5.91 Å². The quantitative estimate of drug-likeness (QED) is 0.854. The first-order chi connectivity index (χ1) is 11.5. The first-order valence-electron chi connectivity index (χ1n) is 8.56. The Morgan fingerprint density at radius 2 is 2.08 bits per heavy atom. The average Bonchev–Trinajstić information content (AvgIpc) is 3.02. The molecule has 2 heterocycles. The monoisotopic (exact) mass is 330 g/mol. The zero-order chi connectivity index (χ0) is 17.1. The van der Waals surface area contributed by atoms with E-state index in [-0.39, 0.29) is 17.8 Å². The molecule has 1 amide bonds. The van der Waals surface area contributed by atoms with E-state index in [0.717, 1.165) is 18.7 Å². The van der Waals surface area contributed by atoms with E-state index in [1.807, 2.05) is 18.2 Å². The molecule has 4 nitrogen and oxygen atoms in total. The van der Waals surface area contributed by atoms with Gasteiger partial charge in [-0.25, -0.2) is 4.39 Å². The smallest absolute Gasteiger partial charge is 0.275 e. The lowest BCUT2D eigenvalue weighted by molar-refractivity contribution is -0.922. The number of quaternary nitrogens is 1. The highest BCUT2D eigenvalue weighted by molar-refractivity contribution is 5.76. The van der Waals surface area contributed by atoms with Crippen LogP contribution in [-0.4, -0.2) is 30.1 Å². The van der Waals surface area contributed by atoms with E-state index < -0.39 is 0 Å². The molecule has 2 aromatic rings. The molecule has 0 saturated heterocycles. The van der Waals surface area contributed by atoms with Gasteiger partial charge in [0.1, 0.15) is 5.82 Å². The topological polar surface area (TPSA) is 38.5 Å². The van der Waals surface area contributed by atoms with Gasteiger partial charge in [0.25, 0.3) is 5.91 Å². The molecule has 1 aromatic heterocycles. The van der Waals surface area contributed by atoms with E-state index >= 15 is 0 Å². The number of fused-ring (bicyclic) bond motifs is 1. The second-order valence-corrected chi connectivity index (χ2v) is 6.89. The van der Waals surface area contributed by atoms with Gasteiger partial charge in [-0.2, -0.15) is 0 Å². The Kier molecular flexibility index (Phi) is 5.00.